The Kier molecular flexibility index (Phi) is 3.21. The molecule has 0 aliphatic carbocycles. The number of imide groups is 1. The molecule has 1 unspecified atom stereocenters. The van der Waals surface area contributed by atoms with E-state index in [0.29, 0.717) is 4.88 Å². The quantitative estimate of drug-likeness (QED) is 0.766. The molecule has 0 spiro atoms. The lowest BCUT2D eigenvalue weighted by molar-refractivity contribution is -0.138. The maximum atomic E-state index is 12.3. The zero-order chi connectivity index (χ0) is 13.4. The van der Waals surface area contributed by atoms with Crippen molar-refractivity contribution in [3.63, 3.8) is 0 Å². The van der Waals surface area contributed by atoms with Crippen LogP contribution in [0.5, 0.6) is 0 Å². The van der Waals surface area contributed by atoms with Crippen molar-refractivity contribution in [2.75, 3.05) is 6.54 Å². The molecule has 6 heteroatoms. The first kappa shape index (κ1) is 12.8. The van der Waals surface area contributed by atoms with Gasteiger partial charge in [0.2, 0.25) is 11.8 Å². The van der Waals surface area contributed by atoms with E-state index in [1.165, 1.54) is 16.2 Å². The first-order valence-electron chi connectivity index (χ1n) is 5.62. The first-order valence-corrected chi connectivity index (χ1v) is 6.43. The van der Waals surface area contributed by atoms with Gasteiger partial charge in [-0.1, -0.05) is 0 Å². The summed E-state index contributed by atoms with van der Waals surface area (Å²) in [7, 11) is 0. The van der Waals surface area contributed by atoms with Gasteiger partial charge < -0.3 is 4.90 Å². The van der Waals surface area contributed by atoms with E-state index in [9.17, 15) is 14.4 Å². The maximum Gasteiger partial charge on any atom is 0.265 e. The molecule has 96 valence electrons. The molecular formula is C12H14N2O3S. The summed E-state index contributed by atoms with van der Waals surface area (Å²) in [5, 5.41) is 2.21. The highest BCUT2D eigenvalue weighted by atomic mass is 32.1. The van der Waals surface area contributed by atoms with Crippen LogP contribution in [-0.2, 0) is 9.59 Å². The monoisotopic (exact) mass is 266 g/mol. The van der Waals surface area contributed by atoms with Crippen molar-refractivity contribution in [1.82, 2.24) is 10.2 Å². The van der Waals surface area contributed by atoms with Gasteiger partial charge in [0.15, 0.2) is 0 Å². The van der Waals surface area contributed by atoms with Crippen LogP contribution >= 0.6 is 11.3 Å². The molecule has 1 N–H and O–H groups in total. The Hall–Kier alpha value is -1.69. The van der Waals surface area contributed by atoms with Crippen molar-refractivity contribution in [2.24, 2.45) is 0 Å². The molecule has 0 bridgehead atoms. The van der Waals surface area contributed by atoms with Crippen molar-refractivity contribution in [1.29, 1.82) is 0 Å². The van der Waals surface area contributed by atoms with Crippen LogP contribution in [0.4, 0.5) is 0 Å². The average Bonchev–Trinajstić information content (AvgIpc) is 2.63. The molecule has 2 rings (SSSR count). The summed E-state index contributed by atoms with van der Waals surface area (Å²) in [6.45, 7) is 5.42. The summed E-state index contributed by atoms with van der Waals surface area (Å²) >= 11 is 1.39. The number of rotatable bonds is 1. The lowest BCUT2D eigenvalue weighted by atomic mass is 10.2. The standard InChI is InChI=1S/C12H14N2O3S/c1-6-4-9(18-8(6)3)12(17)14-5-10(15)13-11(16)7(14)2/h4,7H,5H2,1-3H3,(H,13,15,16). The summed E-state index contributed by atoms with van der Waals surface area (Å²) < 4.78 is 0. The van der Waals surface area contributed by atoms with Gasteiger partial charge in [0.05, 0.1) is 4.88 Å². The van der Waals surface area contributed by atoms with E-state index in [0.717, 1.165) is 10.4 Å². The fraction of sp³-hybridized carbons (Fsp3) is 0.417. The van der Waals surface area contributed by atoms with Crippen LogP contribution in [0.25, 0.3) is 0 Å². The van der Waals surface area contributed by atoms with E-state index in [2.05, 4.69) is 5.32 Å². The van der Waals surface area contributed by atoms with Crippen molar-refractivity contribution >= 4 is 29.1 Å². The number of amides is 3. The minimum absolute atomic E-state index is 0.0677. The Morgan fingerprint density at radius 2 is 2.11 bits per heavy atom. The lowest BCUT2D eigenvalue weighted by Crippen LogP contribution is -2.58. The zero-order valence-electron chi connectivity index (χ0n) is 10.4. The Morgan fingerprint density at radius 3 is 2.67 bits per heavy atom. The molecule has 0 saturated carbocycles. The average molecular weight is 266 g/mol. The minimum Gasteiger partial charge on any atom is -0.317 e. The number of piperazine rings is 1. The fourth-order valence-electron chi connectivity index (χ4n) is 1.78. The number of thiophene rings is 1. The summed E-state index contributed by atoms with van der Waals surface area (Å²) in [5.41, 5.74) is 1.05. The molecule has 1 aliphatic heterocycles. The second kappa shape index (κ2) is 4.53. The van der Waals surface area contributed by atoms with Crippen LogP contribution in [0.3, 0.4) is 0 Å². The third kappa shape index (κ3) is 2.15. The topological polar surface area (TPSA) is 66.5 Å². The molecular weight excluding hydrogens is 252 g/mol. The smallest absolute Gasteiger partial charge is 0.265 e. The van der Waals surface area contributed by atoms with Gasteiger partial charge in [-0.3, -0.25) is 19.7 Å². The van der Waals surface area contributed by atoms with Crippen LogP contribution in [0.15, 0.2) is 6.07 Å². The third-order valence-electron chi connectivity index (χ3n) is 3.06. The molecule has 0 radical (unpaired) electrons. The van der Waals surface area contributed by atoms with Crippen molar-refractivity contribution in [2.45, 2.75) is 26.8 Å². The lowest BCUT2D eigenvalue weighted by Gasteiger charge is -2.31. The minimum atomic E-state index is -0.613. The number of carbonyl (C=O) groups excluding carboxylic acids is 3. The molecule has 1 aliphatic rings. The molecule has 2 heterocycles. The van der Waals surface area contributed by atoms with E-state index < -0.39 is 17.9 Å². The molecule has 18 heavy (non-hydrogen) atoms. The largest absolute Gasteiger partial charge is 0.317 e. The van der Waals surface area contributed by atoms with E-state index in [1.54, 1.807) is 13.0 Å². The van der Waals surface area contributed by atoms with Gasteiger partial charge in [-0.15, -0.1) is 11.3 Å². The molecule has 5 nitrogen and oxygen atoms in total. The van der Waals surface area contributed by atoms with Crippen molar-refractivity contribution in [3.8, 4) is 0 Å². The Morgan fingerprint density at radius 1 is 1.44 bits per heavy atom. The molecule has 0 aromatic carbocycles. The third-order valence-corrected chi connectivity index (χ3v) is 4.20. The maximum absolute atomic E-state index is 12.3. The highest BCUT2D eigenvalue weighted by Gasteiger charge is 2.34. The van der Waals surface area contributed by atoms with Crippen LogP contribution in [0, 0.1) is 13.8 Å². The molecule has 3 amide bonds. The number of hydrogen-bond acceptors (Lipinski definition) is 4. The Labute approximate surface area is 109 Å². The molecule has 1 aromatic heterocycles. The van der Waals surface area contributed by atoms with Crippen LogP contribution in [-0.4, -0.2) is 35.2 Å². The molecule has 1 atom stereocenters. The summed E-state index contributed by atoms with van der Waals surface area (Å²) in [6.07, 6.45) is 0. The van der Waals surface area contributed by atoms with Gasteiger partial charge in [0.25, 0.3) is 5.91 Å². The van der Waals surface area contributed by atoms with Gasteiger partial charge in [-0.25, -0.2) is 0 Å². The summed E-state index contributed by atoms with van der Waals surface area (Å²) in [5.74, 6) is -1.12. The van der Waals surface area contributed by atoms with Crippen LogP contribution in [0.1, 0.15) is 27.0 Å². The van der Waals surface area contributed by atoms with Gasteiger partial charge in [-0.2, -0.15) is 0 Å². The second-order valence-electron chi connectivity index (χ2n) is 4.37. The molecule has 1 saturated heterocycles. The zero-order valence-corrected chi connectivity index (χ0v) is 11.3. The predicted octanol–water partition coefficient (Wildman–Crippen LogP) is 0.852. The first-order chi connectivity index (χ1) is 8.40. The van der Waals surface area contributed by atoms with Crippen molar-refractivity contribution in [3.05, 3.63) is 21.4 Å². The predicted molar refractivity (Wildman–Crippen MR) is 67.4 cm³/mol. The van der Waals surface area contributed by atoms with Crippen LogP contribution < -0.4 is 5.32 Å². The van der Waals surface area contributed by atoms with Crippen LogP contribution in [0.2, 0.25) is 0 Å². The van der Waals surface area contributed by atoms with Gasteiger partial charge >= 0.3 is 0 Å². The molecule has 1 aromatic rings. The number of nitrogens with zero attached hydrogens (tertiary/aromatic N) is 1. The summed E-state index contributed by atoms with van der Waals surface area (Å²) in [4.78, 5) is 38.0. The Balaban J connectivity index is 2.27. The van der Waals surface area contributed by atoms with E-state index in [-0.39, 0.29) is 12.5 Å². The summed E-state index contributed by atoms with van der Waals surface area (Å²) in [6, 6.07) is 1.18. The number of carbonyl (C=O) groups is 3. The molecule has 1 fully saturated rings. The normalized spacial score (nSPS) is 19.9. The van der Waals surface area contributed by atoms with Gasteiger partial charge in [-0.05, 0) is 32.4 Å². The van der Waals surface area contributed by atoms with E-state index >= 15 is 0 Å². The Bertz CT molecular complexity index is 516. The second-order valence-corrected chi connectivity index (χ2v) is 5.63. The number of hydrogen-bond donors (Lipinski definition) is 1. The highest BCUT2D eigenvalue weighted by molar-refractivity contribution is 7.14. The van der Waals surface area contributed by atoms with Crippen molar-refractivity contribution < 1.29 is 14.4 Å². The fourth-order valence-corrected chi connectivity index (χ4v) is 2.77. The number of nitrogens with one attached hydrogen (secondary N) is 1. The van der Waals surface area contributed by atoms with E-state index in [4.69, 9.17) is 0 Å². The van der Waals surface area contributed by atoms with E-state index in [1.807, 2.05) is 13.8 Å². The van der Waals surface area contributed by atoms with Gasteiger partial charge in [0.1, 0.15) is 12.6 Å². The highest BCUT2D eigenvalue weighted by Crippen LogP contribution is 2.23. The van der Waals surface area contributed by atoms with Gasteiger partial charge in [0, 0.05) is 4.88 Å². The SMILES string of the molecule is Cc1cc(C(=O)N2CC(=O)NC(=O)C2C)sc1C. The number of aryl methyl sites for hydroxylation is 2.